The molecule has 5 nitrogen and oxygen atoms in total. The Balaban J connectivity index is 1.97. The average molecular weight is 397 g/mol. The van der Waals surface area contributed by atoms with Crippen molar-refractivity contribution in [3.8, 4) is 0 Å². The minimum atomic E-state index is -0.933. The monoisotopic (exact) mass is 397 g/mol. The standard InChI is InChI=1S/C19H25F2N3O2S/c1-18(2,3)26-17(25)23-16-24-19(14-9-13(22)4-5-15(14)21)7-6-12(20)8-11(19)10-27-16/h4-5,9,11-12H,6-8,10,22H2,1-3H3,(H,23,24,25)/t11-,12+,19-/m0/s1. The van der Waals surface area contributed by atoms with Crippen molar-refractivity contribution in [1.29, 1.82) is 0 Å². The number of amidine groups is 1. The van der Waals surface area contributed by atoms with Gasteiger partial charge in [-0.1, -0.05) is 11.8 Å². The first-order valence-corrected chi connectivity index (χ1v) is 10.00. The Hall–Kier alpha value is -1.83. The SMILES string of the molecule is CC(C)(C)OC(=O)NC1=N[C@@]2(c3cc(N)ccc3F)CC[C@@H](F)C[C@H]2CS1. The molecule has 3 N–H and O–H groups in total. The van der Waals surface area contributed by atoms with Crippen LogP contribution in [0.2, 0.25) is 0 Å². The number of nitrogens with zero attached hydrogens (tertiary/aromatic N) is 1. The van der Waals surface area contributed by atoms with E-state index in [9.17, 15) is 13.6 Å². The number of nitrogens with one attached hydrogen (secondary N) is 1. The van der Waals surface area contributed by atoms with Crippen molar-refractivity contribution in [3.05, 3.63) is 29.6 Å². The van der Waals surface area contributed by atoms with Gasteiger partial charge in [-0.25, -0.2) is 13.6 Å². The Morgan fingerprint density at radius 1 is 1.44 bits per heavy atom. The fourth-order valence-electron chi connectivity index (χ4n) is 3.69. The fraction of sp³-hybridized carbons (Fsp3) is 0.579. The summed E-state index contributed by atoms with van der Waals surface area (Å²) >= 11 is 1.33. The molecule has 3 atom stereocenters. The van der Waals surface area contributed by atoms with Gasteiger partial charge in [0, 0.05) is 22.9 Å². The molecule has 1 aromatic carbocycles. The van der Waals surface area contributed by atoms with Gasteiger partial charge >= 0.3 is 6.09 Å². The Labute approximate surface area is 162 Å². The van der Waals surface area contributed by atoms with Crippen molar-refractivity contribution in [2.45, 2.75) is 57.3 Å². The number of alkyl halides is 1. The van der Waals surface area contributed by atoms with Crippen LogP contribution in [-0.4, -0.2) is 28.8 Å². The third-order valence-corrected chi connectivity index (χ3v) is 5.88. The summed E-state index contributed by atoms with van der Waals surface area (Å²) in [6.45, 7) is 5.31. The van der Waals surface area contributed by atoms with E-state index in [2.05, 4.69) is 5.32 Å². The van der Waals surface area contributed by atoms with Crippen molar-refractivity contribution in [1.82, 2.24) is 5.32 Å². The highest BCUT2D eigenvalue weighted by Crippen LogP contribution is 2.50. The minimum absolute atomic E-state index is 0.174. The molecule has 1 aliphatic heterocycles. The second-order valence-electron chi connectivity index (χ2n) is 8.09. The van der Waals surface area contributed by atoms with E-state index in [1.54, 1.807) is 26.8 Å². The Bertz CT molecular complexity index is 766. The highest BCUT2D eigenvalue weighted by Gasteiger charge is 2.49. The van der Waals surface area contributed by atoms with Crippen LogP contribution in [0.4, 0.5) is 19.3 Å². The van der Waals surface area contributed by atoms with E-state index in [0.717, 1.165) is 0 Å². The summed E-state index contributed by atoms with van der Waals surface area (Å²) in [5.74, 6) is -0.0611. The number of amides is 1. The van der Waals surface area contributed by atoms with E-state index in [-0.39, 0.29) is 5.92 Å². The summed E-state index contributed by atoms with van der Waals surface area (Å²) in [5.41, 5.74) is 5.10. The smallest absolute Gasteiger partial charge is 0.413 e. The van der Waals surface area contributed by atoms with Crippen molar-refractivity contribution in [2.24, 2.45) is 10.9 Å². The number of ether oxygens (including phenoxy) is 1. The highest BCUT2D eigenvalue weighted by molar-refractivity contribution is 8.13. The number of carbonyl (C=O) groups is 1. The number of aliphatic imine (C=N–C) groups is 1. The van der Waals surface area contributed by atoms with Gasteiger partial charge in [0.15, 0.2) is 5.17 Å². The first kappa shape index (κ1) is 19.9. The van der Waals surface area contributed by atoms with Gasteiger partial charge in [0.05, 0.1) is 5.54 Å². The number of thioether (sulfide) groups is 1. The number of alkyl carbamates (subject to hydrolysis) is 1. The number of anilines is 1. The molecule has 3 rings (SSSR count). The quantitative estimate of drug-likeness (QED) is 0.690. The van der Waals surface area contributed by atoms with Crippen molar-refractivity contribution >= 4 is 28.7 Å². The normalized spacial score (nSPS) is 28.1. The first-order valence-electron chi connectivity index (χ1n) is 9.01. The zero-order valence-electron chi connectivity index (χ0n) is 15.7. The van der Waals surface area contributed by atoms with Crippen LogP contribution >= 0.6 is 11.8 Å². The lowest BCUT2D eigenvalue weighted by Crippen LogP contribution is -2.47. The predicted octanol–water partition coefficient (Wildman–Crippen LogP) is 4.37. The van der Waals surface area contributed by atoms with E-state index in [4.69, 9.17) is 15.5 Å². The van der Waals surface area contributed by atoms with E-state index in [1.807, 2.05) is 0 Å². The van der Waals surface area contributed by atoms with Crippen LogP contribution in [0.15, 0.2) is 23.2 Å². The summed E-state index contributed by atoms with van der Waals surface area (Å²) in [4.78, 5) is 16.8. The predicted molar refractivity (Wildman–Crippen MR) is 104 cm³/mol. The summed E-state index contributed by atoms with van der Waals surface area (Å²) in [7, 11) is 0. The third-order valence-electron chi connectivity index (χ3n) is 4.84. The summed E-state index contributed by atoms with van der Waals surface area (Å²) in [6.07, 6.45) is -0.583. The minimum Gasteiger partial charge on any atom is -0.444 e. The molecule has 0 bridgehead atoms. The Morgan fingerprint density at radius 2 is 2.19 bits per heavy atom. The van der Waals surface area contributed by atoms with Crippen LogP contribution in [0.3, 0.4) is 0 Å². The molecule has 0 spiro atoms. The van der Waals surface area contributed by atoms with Gasteiger partial charge in [-0.15, -0.1) is 0 Å². The maximum atomic E-state index is 14.7. The molecule has 2 aliphatic rings. The van der Waals surface area contributed by atoms with Gasteiger partial charge in [-0.3, -0.25) is 10.3 Å². The molecule has 1 aromatic rings. The molecule has 1 fully saturated rings. The van der Waals surface area contributed by atoms with Crippen molar-refractivity contribution in [2.75, 3.05) is 11.5 Å². The van der Waals surface area contributed by atoms with E-state index in [0.29, 0.717) is 41.4 Å². The van der Waals surface area contributed by atoms with Gasteiger partial charge in [0.1, 0.15) is 17.6 Å². The second-order valence-corrected chi connectivity index (χ2v) is 9.10. The number of rotatable bonds is 1. The van der Waals surface area contributed by atoms with Crippen molar-refractivity contribution < 1.29 is 18.3 Å². The molecule has 0 radical (unpaired) electrons. The molecule has 148 valence electrons. The fourth-order valence-corrected chi connectivity index (χ4v) is 4.85. The lowest BCUT2D eigenvalue weighted by atomic mass is 9.69. The zero-order chi connectivity index (χ0) is 19.8. The number of halogens is 2. The number of hydrogen-bond donors (Lipinski definition) is 2. The van der Waals surface area contributed by atoms with Crippen molar-refractivity contribution in [3.63, 3.8) is 0 Å². The molecular weight excluding hydrogens is 372 g/mol. The summed E-state index contributed by atoms with van der Waals surface area (Å²) in [6, 6.07) is 4.38. The number of hydrogen-bond acceptors (Lipinski definition) is 5. The maximum absolute atomic E-state index is 14.7. The lowest BCUT2D eigenvalue weighted by Gasteiger charge is -2.45. The van der Waals surface area contributed by atoms with Crippen LogP contribution in [0.25, 0.3) is 0 Å². The maximum Gasteiger partial charge on any atom is 0.413 e. The number of carbonyl (C=O) groups excluding carboxylic acids is 1. The number of benzene rings is 1. The molecule has 1 saturated carbocycles. The highest BCUT2D eigenvalue weighted by atomic mass is 32.2. The molecule has 27 heavy (non-hydrogen) atoms. The van der Waals surface area contributed by atoms with Gasteiger partial charge in [-0.05, 0) is 58.2 Å². The van der Waals surface area contributed by atoms with Crippen LogP contribution in [0, 0.1) is 11.7 Å². The molecule has 8 heteroatoms. The average Bonchev–Trinajstić information content (AvgIpc) is 2.55. The molecule has 1 heterocycles. The molecule has 0 aromatic heterocycles. The van der Waals surface area contributed by atoms with Crippen LogP contribution in [0.5, 0.6) is 0 Å². The van der Waals surface area contributed by atoms with Crippen LogP contribution in [-0.2, 0) is 10.3 Å². The van der Waals surface area contributed by atoms with Crippen LogP contribution in [0.1, 0.15) is 45.6 Å². The van der Waals surface area contributed by atoms with Crippen LogP contribution < -0.4 is 11.1 Å². The lowest BCUT2D eigenvalue weighted by molar-refractivity contribution is 0.0562. The number of nitrogens with two attached hydrogens (primary N) is 1. The molecule has 1 aliphatic carbocycles. The van der Waals surface area contributed by atoms with Gasteiger partial charge < -0.3 is 10.5 Å². The van der Waals surface area contributed by atoms with E-state index in [1.165, 1.54) is 23.9 Å². The first-order chi connectivity index (χ1) is 12.6. The molecule has 0 saturated heterocycles. The molecule has 1 amide bonds. The summed E-state index contributed by atoms with van der Waals surface area (Å²) in [5, 5.41) is 3.01. The topological polar surface area (TPSA) is 76.7 Å². The summed E-state index contributed by atoms with van der Waals surface area (Å²) < 4.78 is 34.0. The largest absolute Gasteiger partial charge is 0.444 e. The van der Waals surface area contributed by atoms with E-state index < -0.39 is 29.2 Å². The molecular formula is C19H25F2N3O2S. The number of nitrogen functional groups attached to an aromatic ring is 1. The Kier molecular flexibility index (Phi) is 5.38. The molecule has 0 unspecified atom stereocenters. The van der Waals surface area contributed by atoms with Gasteiger partial charge in [-0.2, -0.15) is 0 Å². The zero-order valence-corrected chi connectivity index (χ0v) is 16.5. The third kappa shape index (κ3) is 4.36. The second kappa shape index (κ2) is 7.30. The van der Waals surface area contributed by atoms with Gasteiger partial charge in [0.25, 0.3) is 0 Å². The number of fused-ring (bicyclic) bond motifs is 1. The van der Waals surface area contributed by atoms with E-state index >= 15 is 0 Å². The van der Waals surface area contributed by atoms with Gasteiger partial charge in [0.2, 0.25) is 0 Å². The Morgan fingerprint density at radius 3 is 2.89 bits per heavy atom.